The molecule has 0 radical (unpaired) electrons. The molecule has 1 unspecified atom stereocenters. The van der Waals surface area contributed by atoms with Gasteiger partial charge in [0.2, 0.25) is 5.91 Å². The first kappa shape index (κ1) is 19.8. The number of fused-ring (bicyclic) bond motifs is 1. The van der Waals surface area contributed by atoms with E-state index in [2.05, 4.69) is 15.7 Å². The molecule has 4 rings (SSSR count). The number of hydrogen-bond donors (Lipinski definition) is 2. The topological polar surface area (TPSA) is 85.2 Å². The second-order valence-electron chi connectivity index (χ2n) is 7.47. The van der Waals surface area contributed by atoms with E-state index in [1.807, 2.05) is 62.4 Å². The summed E-state index contributed by atoms with van der Waals surface area (Å²) in [6, 6.07) is 14.8. The molecule has 2 N–H and O–H groups in total. The number of methoxy groups -OCH3 is 1. The lowest BCUT2D eigenvalue weighted by atomic mass is 10.1. The number of aryl methyl sites for hydroxylation is 2. The monoisotopic (exact) mass is 404 g/mol. The zero-order valence-electron chi connectivity index (χ0n) is 17.2. The van der Waals surface area contributed by atoms with E-state index < -0.39 is 6.04 Å². The van der Waals surface area contributed by atoms with Crippen LogP contribution in [0.4, 0.5) is 11.5 Å². The van der Waals surface area contributed by atoms with Gasteiger partial charge in [-0.2, -0.15) is 5.10 Å². The molecule has 1 aliphatic rings. The number of nitrogens with zero attached hydrogens (tertiary/aromatic N) is 2. The van der Waals surface area contributed by atoms with Gasteiger partial charge in [0, 0.05) is 18.4 Å². The van der Waals surface area contributed by atoms with E-state index in [4.69, 9.17) is 4.74 Å². The molecule has 0 saturated heterocycles. The van der Waals surface area contributed by atoms with Crippen molar-refractivity contribution in [3.8, 4) is 11.1 Å². The number of aromatic nitrogens is 2. The number of benzene rings is 2. The van der Waals surface area contributed by atoms with Crippen molar-refractivity contribution in [2.45, 2.75) is 32.9 Å². The number of anilines is 2. The maximum atomic E-state index is 12.7. The van der Waals surface area contributed by atoms with Crippen LogP contribution in [0.5, 0.6) is 0 Å². The van der Waals surface area contributed by atoms with E-state index >= 15 is 0 Å². The highest BCUT2D eigenvalue weighted by Gasteiger charge is 2.37. The fourth-order valence-corrected chi connectivity index (χ4v) is 3.67. The zero-order chi connectivity index (χ0) is 21.3. The molecule has 2 aromatic carbocycles. The minimum atomic E-state index is -0.709. The second kappa shape index (κ2) is 8.12. The van der Waals surface area contributed by atoms with Gasteiger partial charge in [-0.25, -0.2) is 4.68 Å². The normalized spacial score (nSPS) is 15.0. The number of rotatable bonds is 6. The molecular weight excluding hydrogens is 380 g/mol. The molecule has 1 atom stereocenters. The Labute approximate surface area is 175 Å². The smallest absolute Gasteiger partial charge is 0.251 e. The first-order chi connectivity index (χ1) is 14.5. The average molecular weight is 404 g/mol. The highest BCUT2D eigenvalue weighted by molar-refractivity contribution is 6.04. The Balaban J connectivity index is 1.60. The van der Waals surface area contributed by atoms with Gasteiger partial charge < -0.3 is 15.4 Å². The van der Waals surface area contributed by atoms with Crippen LogP contribution in [0.15, 0.2) is 48.5 Å². The maximum absolute atomic E-state index is 12.7. The van der Waals surface area contributed by atoms with Crippen molar-refractivity contribution in [2.75, 3.05) is 17.7 Å². The third kappa shape index (κ3) is 3.71. The van der Waals surface area contributed by atoms with Crippen LogP contribution in [0, 0.1) is 13.8 Å². The average Bonchev–Trinajstić information content (AvgIpc) is 3.21. The SMILES string of the molecule is COCc1nn2c(c1-c1ccccc1)NC(=O)C2CC(=O)Nc1ccc(C)c(C)c1. The fourth-order valence-electron chi connectivity index (χ4n) is 3.67. The maximum Gasteiger partial charge on any atom is 0.251 e. The number of ether oxygens (including phenoxy) is 1. The van der Waals surface area contributed by atoms with Gasteiger partial charge in [0.05, 0.1) is 18.7 Å². The van der Waals surface area contributed by atoms with E-state index in [-0.39, 0.29) is 18.2 Å². The van der Waals surface area contributed by atoms with E-state index in [9.17, 15) is 9.59 Å². The number of carbonyl (C=O) groups excluding carboxylic acids is 2. The second-order valence-corrected chi connectivity index (χ2v) is 7.47. The molecule has 0 fully saturated rings. The van der Waals surface area contributed by atoms with Gasteiger partial charge in [-0.05, 0) is 42.7 Å². The van der Waals surface area contributed by atoms with Crippen LogP contribution in [0.3, 0.4) is 0 Å². The first-order valence-corrected chi connectivity index (χ1v) is 9.81. The van der Waals surface area contributed by atoms with E-state index in [0.29, 0.717) is 18.1 Å². The molecule has 154 valence electrons. The van der Waals surface area contributed by atoms with Crippen molar-refractivity contribution in [3.63, 3.8) is 0 Å². The van der Waals surface area contributed by atoms with E-state index in [1.165, 1.54) is 0 Å². The molecule has 30 heavy (non-hydrogen) atoms. The highest BCUT2D eigenvalue weighted by Crippen LogP contribution is 2.38. The molecule has 0 saturated carbocycles. The predicted octanol–water partition coefficient (Wildman–Crippen LogP) is 3.84. The van der Waals surface area contributed by atoms with Crippen molar-refractivity contribution in [1.29, 1.82) is 0 Å². The van der Waals surface area contributed by atoms with Crippen LogP contribution in [0.2, 0.25) is 0 Å². The summed E-state index contributed by atoms with van der Waals surface area (Å²) in [6.45, 7) is 4.32. The molecule has 0 bridgehead atoms. The Kier molecular flexibility index (Phi) is 5.37. The molecule has 0 aliphatic carbocycles. The summed E-state index contributed by atoms with van der Waals surface area (Å²) in [5.74, 6) is 0.118. The minimum Gasteiger partial charge on any atom is -0.378 e. The number of nitrogens with one attached hydrogen (secondary N) is 2. The molecule has 7 heteroatoms. The summed E-state index contributed by atoms with van der Waals surface area (Å²) >= 11 is 0. The summed E-state index contributed by atoms with van der Waals surface area (Å²) in [5.41, 5.74) is 5.45. The summed E-state index contributed by atoms with van der Waals surface area (Å²) in [5, 5.41) is 10.4. The lowest BCUT2D eigenvalue weighted by Crippen LogP contribution is -2.24. The molecule has 2 heterocycles. The van der Waals surface area contributed by atoms with Crippen LogP contribution in [-0.4, -0.2) is 28.7 Å². The molecule has 3 aromatic rings. The lowest BCUT2D eigenvalue weighted by molar-refractivity contribution is -0.123. The minimum absolute atomic E-state index is 0.00586. The van der Waals surface area contributed by atoms with Crippen LogP contribution in [0.25, 0.3) is 11.1 Å². The number of amides is 2. The summed E-state index contributed by atoms with van der Waals surface area (Å²) in [6.07, 6.45) is -0.00586. The van der Waals surface area contributed by atoms with Gasteiger partial charge in [0.15, 0.2) is 0 Å². The van der Waals surface area contributed by atoms with Gasteiger partial charge in [0.1, 0.15) is 11.9 Å². The summed E-state index contributed by atoms with van der Waals surface area (Å²) in [7, 11) is 1.60. The van der Waals surface area contributed by atoms with Gasteiger partial charge in [-0.1, -0.05) is 36.4 Å². The molecule has 1 aliphatic heterocycles. The lowest BCUT2D eigenvalue weighted by Gasteiger charge is -2.11. The predicted molar refractivity (Wildman–Crippen MR) is 115 cm³/mol. The van der Waals surface area contributed by atoms with Crippen molar-refractivity contribution in [1.82, 2.24) is 9.78 Å². The molecule has 7 nitrogen and oxygen atoms in total. The molecule has 2 amide bonds. The first-order valence-electron chi connectivity index (χ1n) is 9.81. The van der Waals surface area contributed by atoms with Crippen molar-refractivity contribution >= 4 is 23.3 Å². The molecular formula is C23H24N4O3. The van der Waals surface area contributed by atoms with Crippen molar-refractivity contribution in [2.24, 2.45) is 0 Å². The standard InChI is InChI=1S/C23H24N4O3/c1-14-9-10-17(11-15(14)2)24-20(28)12-19-23(29)25-22-21(16-7-5-4-6-8-16)18(13-30-3)26-27(19)22/h4-11,19H,12-13H2,1-3H3,(H,24,28)(H,25,29). The van der Waals surface area contributed by atoms with Gasteiger partial charge in [0.25, 0.3) is 5.91 Å². The Bertz CT molecular complexity index is 1110. The van der Waals surface area contributed by atoms with Crippen molar-refractivity contribution in [3.05, 3.63) is 65.4 Å². The van der Waals surface area contributed by atoms with Crippen LogP contribution < -0.4 is 10.6 Å². The fraction of sp³-hybridized carbons (Fsp3) is 0.261. The van der Waals surface area contributed by atoms with Crippen LogP contribution in [0.1, 0.15) is 29.3 Å². The van der Waals surface area contributed by atoms with Crippen molar-refractivity contribution < 1.29 is 14.3 Å². The zero-order valence-corrected chi connectivity index (χ0v) is 17.2. The van der Waals surface area contributed by atoms with E-state index in [1.54, 1.807) is 11.8 Å². The van der Waals surface area contributed by atoms with Crippen LogP contribution >= 0.6 is 0 Å². The quantitative estimate of drug-likeness (QED) is 0.654. The molecule has 1 aromatic heterocycles. The Morgan fingerprint density at radius 3 is 2.63 bits per heavy atom. The van der Waals surface area contributed by atoms with Crippen LogP contribution in [-0.2, 0) is 20.9 Å². The number of carbonyl (C=O) groups is 2. The number of hydrogen-bond acceptors (Lipinski definition) is 4. The Hall–Kier alpha value is -3.45. The Morgan fingerprint density at radius 2 is 1.93 bits per heavy atom. The third-order valence-electron chi connectivity index (χ3n) is 5.34. The van der Waals surface area contributed by atoms with Gasteiger partial charge in [-0.15, -0.1) is 0 Å². The summed E-state index contributed by atoms with van der Waals surface area (Å²) < 4.78 is 6.91. The highest BCUT2D eigenvalue weighted by atomic mass is 16.5. The Morgan fingerprint density at radius 1 is 1.17 bits per heavy atom. The van der Waals surface area contributed by atoms with Gasteiger partial charge >= 0.3 is 0 Å². The molecule has 0 spiro atoms. The van der Waals surface area contributed by atoms with Gasteiger partial charge in [-0.3, -0.25) is 9.59 Å². The summed E-state index contributed by atoms with van der Waals surface area (Å²) in [4.78, 5) is 25.3. The largest absolute Gasteiger partial charge is 0.378 e. The van der Waals surface area contributed by atoms with E-state index in [0.717, 1.165) is 27.9 Å². The third-order valence-corrected chi connectivity index (χ3v) is 5.34.